The molecule has 134 valence electrons. The number of fused-ring (bicyclic) bond motifs is 1. The van der Waals surface area contributed by atoms with Gasteiger partial charge in [0.2, 0.25) is 5.89 Å². The smallest absolute Gasteiger partial charge is 0.227 e. The second kappa shape index (κ2) is 7.50. The third-order valence-corrected chi connectivity index (χ3v) is 5.10. The first-order chi connectivity index (χ1) is 13.0. The molecule has 4 rings (SSSR count). The fraction of sp³-hybridized carbons (Fsp3) is 0. The van der Waals surface area contributed by atoms with Crippen LogP contribution in [0.2, 0.25) is 10.0 Å². The summed E-state index contributed by atoms with van der Waals surface area (Å²) >= 11 is 14.2. The normalized spacial score (nSPS) is 11.5. The molecule has 0 aliphatic rings. The highest BCUT2D eigenvalue weighted by atomic mass is 127. The quantitative estimate of drug-likeness (QED) is 0.243. The van der Waals surface area contributed by atoms with Gasteiger partial charge in [-0.25, -0.2) is 4.98 Å². The van der Waals surface area contributed by atoms with Gasteiger partial charge in [-0.05, 0) is 77.2 Å². The fourth-order valence-corrected chi connectivity index (χ4v) is 3.41. The predicted molar refractivity (Wildman–Crippen MR) is 118 cm³/mol. The monoisotopic (exact) mass is 508 g/mol. The van der Waals surface area contributed by atoms with E-state index in [0.29, 0.717) is 33.3 Å². The lowest BCUT2D eigenvalue weighted by molar-refractivity contribution is 0.475. The SMILES string of the molecule is Oc1c(Cl)cc(Cl)cc1C=Nc1ccc2oc(-c3ccc(I)cc3)nc2c1. The lowest BCUT2D eigenvalue weighted by atomic mass is 10.2. The average molecular weight is 509 g/mol. The van der Waals surface area contributed by atoms with E-state index in [1.54, 1.807) is 6.07 Å². The number of hydrogen-bond donors (Lipinski definition) is 1. The number of hydrogen-bond acceptors (Lipinski definition) is 4. The minimum absolute atomic E-state index is 0.0617. The number of aliphatic imine (C=N–C) groups is 1. The van der Waals surface area contributed by atoms with Crippen molar-refractivity contribution in [1.82, 2.24) is 4.98 Å². The zero-order valence-corrected chi connectivity index (χ0v) is 17.3. The first kappa shape index (κ1) is 18.3. The molecule has 0 spiro atoms. The van der Waals surface area contributed by atoms with E-state index in [2.05, 4.69) is 32.6 Å². The van der Waals surface area contributed by atoms with Crippen LogP contribution in [0.3, 0.4) is 0 Å². The van der Waals surface area contributed by atoms with Crippen molar-refractivity contribution < 1.29 is 9.52 Å². The summed E-state index contributed by atoms with van der Waals surface area (Å²) in [5.74, 6) is 0.495. The summed E-state index contributed by atoms with van der Waals surface area (Å²) in [7, 11) is 0. The van der Waals surface area contributed by atoms with Crippen molar-refractivity contribution in [2.24, 2.45) is 4.99 Å². The van der Waals surface area contributed by atoms with E-state index < -0.39 is 0 Å². The molecule has 0 saturated carbocycles. The van der Waals surface area contributed by atoms with Crippen LogP contribution in [0.25, 0.3) is 22.6 Å². The van der Waals surface area contributed by atoms with Crippen LogP contribution in [0.1, 0.15) is 5.56 Å². The summed E-state index contributed by atoms with van der Waals surface area (Å²) in [6.45, 7) is 0. The van der Waals surface area contributed by atoms with E-state index in [0.717, 1.165) is 9.13 Å². The molecule has 4 aromatic rings. The molecule has 0 aliphatic heterocycles. The van der Waals surface area contributed by atoms with E-state index in [1.807, 2.05) is 42.5 Å². The summed E-state index contributed by atoms with van der Waals surface area (Å²) < 4.78 is 6.97. The van der Waals surface area contributed by atoms with E-state index >= 15 is 0 Å². The molecule has 1 aromatic heterocycles. The molecule has 0 radical (unpaired) electrons. The number of nitrogens with zero attached hydrogens (tertiary/aromatic N) is 2. The van der Waals surface area contributed by atoms with Crippen LogP contribution < -0.4 is 0 Å². The standard InChI is InChI=1S/C20H11Cl2IN2O2/c21-13-7-12(19(26)16(22)8-13)10-24-15-5-6-18-17(9-15)25-20(27-18)11-1-3-14(23)4-2-11/h1-10,26H. The van der Waals surface area contributed by atoms with Gasteiger partial charge < -0.3 is 9.52 Å². The number of oxazole rings is 1. The predicted octanol–water partition coefficient (Wildman–Crippen LogP) is 6.86. The number of benzene rings is 3. The maximum absolute atomic E-state index is 10.0. The number of phenolic OH excluding ortho intramolecular Hbond substituents is 1. The van der Waals surface area contributed by atoms with Crippen LogP contribution in [-0.2, 0) is 0 Å². The van der Waals surface area contributed by atoms with Crippen molar-refractivity contribution in [3.8, 4) is 17.2 Å². The third kappa shape index (κ3) is 3.95. The second-order valence-electron chi connectivity index (χ2n) is 5.76. The molecule has 0 amide bonds. The van der Waals surface area contributed by atoms with Gasteiger partial charge in [0, 0.05) is 25.9 Å². The molecule has 27 heavy (non-hydrogen) atoms. The second-order valence-corrected chi connectivity index (χ2v) is 7.85. The highest BCUT2D eigenvalue weighted by molar-refractivity contribution is 14.1. The summed E-state index contributed by atoms with van der Waals surface area (Å²) in [5, 5.41) is 10.6. The number of phenols is 1. The van der Waals surface area contributed by atoms with Gasteiger partial charge in [-0.2, -0.15) is 0 Å². The Balaban J connectivity index is 1.67. The number of rotatable bonds is 3. The lowest BCUT2D eigenvalue weighted by Crippen LogP contribution is -1.84. The molecular weight excluding hydrogens is 498 g/mol. The Kier molecular flexibility index (Phi) is 5.08. The minimum atomic E-state index is -0.0617. The summed E-state index contributed by atoms with van der Waals surface area (Å²) in [5.41, 5.74) is 3.39. The van der Waals surface area contributed by atoms with Gasteiger partial charge in [-0.1, -0.05) is 23.2 Å². The molecule has 0 fully saturated rings. The van der Waals surface area contributed by atoms with Crippen molar-refractivity contribution in [1.29, 1.82) is 0 Å². The maximum Gasteiger partial charge on any atom is 0.227 e. The number of aromatic nitrogens is 1. The van der Waals surface area contributed by atoms with Crippen molar-refractivity contribution in [2.45, 2.75) is 0 Å². The maximum atomic E-state index is 10.0. The van der Waals surface area contributed by atoms with E-state index in [4.69, 9.17) is 27.6 Å². The zero-order chi connectivity index (χ0) is 19.0. The van der Waals surface area contributed by atoms with E-state index in [9.17, 15) is 5.11 Å². The third-order valence-electron chi connectivity index (χ3n) is 3.87. The Labute approximate surface area is 178 Å². The van der Waals surface area contributed by atoms with Gasteiger partial charge in [-0.3, -0.25) is 4.99 Å². The van der Waals surface area contributed by atoms with Gasteiger partial charge >= 0.3 is 0 Å². The van der Waals surface area contributed by atoms with Gasteiger partial charge in [0.05, 0.1) is 10.7 Å². The van der Waals surface area contributed by atoms with Crippen LogP contribution in [0.5, 0.6) is 5.75 Å². The van der Waals surface area contributed by atoms with E-state index in [-0.39, 0.29) is 10.8 Å². The summed E-state index contributed by atoms with van der Waals surface area (Å²) in [6.07, 6.45) is 1.51. The van der Waals surface area contributed by atoms with Gasteiger partial charge in [0.15, 0.2) is 5.58 Å². The highest BCUT2D eigenvalue weighted by Gasteiger charge is 2.09. The molecule has 7 heteroatoms. The zero-order valence-electron chi connectivity index (χ0n) is 13.7. The Morgan fingerprint density at radius 2 is 1.81 bits per heavy atom. The Morgan fingerprint density at radius 3 is 2.59 bits per heavy atom. The van der Waals surface area contributed by atoms with Crippen LogP contribution in [0.15, 0.2) is 64.0 Å². The summed E-state index contributed by atoms with van der Waals surface area (Å²) in [6, 6.07) is 16.5. The largest absolute Gasteiger partial charge is 0.506 e. The molecule has 0 bridgehead atoms. The molecule has 0 saturated heterocycles. The van der Waals surface area contributed by atoms with E-state index in [1.165, 1.54) is 12.3 Å². The molecule has 4 nitrogen and oxygen atoms in total. The first-order valence-corrected chi connectivity index (χ1v) is 9.72. The van der Waals surface area contributed by atoms with Crippen molar-refractivity contribution in [2.75, 3.05) is 0 Å². The Hall–Kier alpha value is -2.09. The number of aromatic hydroxyl groups is 1. The molecule has 0 unspecified atom stereocenters. The van der Waals surface area contributed by atoms with Crippen LogP contribution >= 0.6 is 45.8 Å². The summed E-state index contributed by atoms with van der Waals surface area (Å²) in [4.78, 5) is 8.92. The Morgan fingerprint density at radius 1 is 1.04 bits per heavy atom. The van der Waals surface area contributed by atoms with Crippen molar-refractivity contribution >= 4 is 68.8 Å². The van der Waals surface area contributed by atoms with Gasteiger partial charge in [0.1, 0.15) is 11.3 Å². The molecular formula is C20H11Cl2IN2O2. The molecule has 1 N–H and O–H groups in total. The van der Waals surface area contributed by atoms with Crippen molar-refractivity contribution in [3.05, 3.63) is 73.8 Å². The number of halogens is 3. The molecule has 0 aliphatic carbocycles. The molecule has 1 heterocycles. The highest BCUT2D eigenvalue weighted by Crippen LogP contribution is 2.31. The minimum Gasteiger partial charge on any atom is -0.506 e. The topological polar surface area (TPSA) is 58.6 Å². The first-order valence-electron chi connectivity index (χ1n) is 7.88. The van der Waals surface area contributed by atoms with Gasteiger partial charge in [-0.15, -0.1) is 0 Å². The molecule has 3 aromatic carbocycles. The Bertz CT molecular complexity index is 1170. The van der Waals surface area contributed by atoms with Crippen LogP contribution in [0.4, 0.5) is 5.69 Å². The van der Waals surface area contributed by atoms with Crippen LogP contribution in [-0.4, -0.2) is 16.3 Å². The lowest BCUT2D eigenvalue weighted by Gasteiger charge is -2.02. The average Bonchev–Trinajstić information content (AvgIpc) is 3.07. The fourth-order valence-electron chi connectivity index (χ4n) is 2.54. The van der Waals surface area contributed by atoms with Gasteiger partial charge in [0.25, 0.3) is 0 Å². The van der Waals surface area contributed by atoms with Crippen molar-refractivity contribution in [3.63, 3.8) is 0 Å². The molecule has 0 atom stereocenters. The van der Waals surface area contributed by atoms with Crippen LogP contribution in [0, 0.1) is 3.57 Å².